The summed E-state index contributed by atoms with van der Waals surface area (Å²) in [6.07, 6.45) is 0. The molecule has 122 valence electrons. The van der Waals surface area contributed by atoms with Gasteiger partial charge in [-0.2, -0.15) is 4.31 Å². The lowest BCUT2D eigenvalue weighted by Gasteiger charge is -2.33. The molecule has 6 nitrogen and oxygen atoms in total. The van der Waals surface area contributed by atoms with Crippen molar-refractivity contribution in [3.8, 4) is 0 Å². The molecule has 1 aliphatic heterocycles. The fourth-order valence-corrected chi connectivity index (χ4v) is 3.90. The fraction of sp³-hybridized carbons (Fsp3) is 0.533. The molecule has 0 spiro atoms. The molecule has 1 fully saturated rings. The van der Waals surface area contributed by atoms with Gasteiger partial charge in [-0.3, -0.25) is 4.79 Å². The summed E-state index contributed by atoms with van der Waals surface area (Å²) >= 11 is 0. The Morgan fingerprint density at radius 1 is 1.14 bits per heavy atom. The van der Waals surface area contributed by atoms with E-state index in [-0.39, 0.29) is 12.5 Å². The molecular weight excluding hydrogens is 302 g/mol. The largest absolute Gasteiger partial charge is 0.339 e. The minimum absolute atomic E-state index is 0.0383. The number of piperazine rings is 1. The molecule has 1 saturated heterocycles. The van der Waals surface area contributed by atoms with E-state index < -0.39 is 10.0 Å². The first-order valence-electron chi connectivity index (χ1n) is 7.44. The second-order valence-electron chi connectivity index (χ2n) is 5.71. The number of carbonyl (C=O) groups is 1. The number of hydrogen-bond acceptors (Lipinski definition) is 4. The fourth-order valence-electron chi connectivity index (χ4n) is 2.48. The molecule has 7 heteroatoms. The van der Waals surface area contributed by atoms with Gasteiger partial charge in [-0.15, -0.1) is 0 Å². The van der Waals surface area contributed by atoms with E-state index in [0.717, 1.165) is 5.56 Å². The first-order valence-corrected chi connectivity index (χ1v) is 8.88. The Morgan fingerprint density at radius 2 is 1.68 bits per heavy atom. The topological polar surface area (TPSA) is 83.7 Å². The van der Waals surface area contributed by atoms with Gasteiger partial charge in [0.05, 0.1) is 11.4 Å². The van der Waals surface area contributed by atoms with Crippen LogP contribution in [0.2, 0.25) is 0 Å². The molecule has 22 heavy (non-hydrogen) atoms. The summed E-state index contributed by atoms with van der Waals surface area (Å²) in [6.45, 7) is 5.48. The lowest BCUT2D eigenvalue weighted by Crippen LogP contribution is -2.51. The number of hydrogen-bond donors (Lipinski definition) is 1. The van der Waals surface area contributed by atoms with Crippen molar-refractivity contribution in [1.82, 2.24) is 9.21 Å². The Balaban J connectivity index is 2.10. The van der Waals surface area contributed by atoms with E-state index in [9.17, 15) is 13.2 Å². The minimum Gasteiger partial charge on any atom is -0.339 e. The van der Waals surface area contributed by atoms with Crippen LogP contribution >= 0.6 is 0 Å². The number of rotatable bonds is 4. The minimum atomic E-state index is -3.50. The quantitative estimate of drug-likeness (QED) is 0.879. The molecule has 1 aromatic carbocycles. The highest BCUT2D eigenvalue weighted by Crippen LogP contribution is 2.21. The molecular formula is C15H23N3O3S. The predicted octanol–water partition coefficient (Wildman–Crippen LogP) is 0.602. The summed E-state index contributed by atoms with van der Waals surface area (Å²) < 4.78 is 26.7. The van der Waals surface area contributed by atoms with Gasteiger partial charge in [-0.25, -0.2) is 8.42 Å². The van der Waals surface area contributed by atoms with Crippen LogP contribution in [0.4, 0.5) is 0 Å². The number of nitrogens with zero attached hydrogens (tertiary/aromatic N) is 2. The third kappa shape index (κ3) is 3.48. The summed E-state index contributed by atoms with van der Waals surface area (Å²) in [7, 11) is -3.50. The number of sulfonamides is 1. The average molecular weight is 325 g/mol. The van der Waals surface area contributed by atoms with Crippen LogP contribution in [0, 0.1) is 0 Å². The van der Waals surface area contributed by atoms with Crippen molar-refractivity contribution in [3.05, 3.63) is 29.8 Å². The van der Waals surface area contributed by atoms with E-state index in [0.29, 0.717) is 37.0 Å². The van der Waals surface area contributed by atoms with Gasteiger partial charge < -0.3 is 10.6 Å². The molecule has 1 heterocycles. The van der Waals surface area contributed by atoms with Crippen molar-refractivity contribution in [2.24, 2.45) is 5.73 Å². The maximum Gasteiger partial charge on any atom is 0.243 e. The highest BCUT2D eigenvalue weighted by atomic mass is 32.2. The highest BCUT2D eigenvalue weighted by molar-refractivity contribution is 7.89. The molecule has 0 bridgehead atoms. The maximum absolute atomic E-state index is 12.6. The van der Waals surface area contributed by atoms with Gasteiger partial charge in [-0.1, -0.05) is 26.0 Å². The Hall–Kier alpha value is -1.44. The van der Waals surface area contributed by atoms with Gasteiger partial charge in [0.15, 0.2) is 0 Å². The summed E-state index contributed by atoms with van der Waals surface area (Å²) in [5.74, 6) is 0.223. The summed E-state index contributed by atoms with van der Waals surface area (Å²) in [5, 5.41) is 0. The molecule has 1 aromatic rings. The summed E-state index contributed by atoms with van der Waals surface area (Å²) in [6, 6.07) is 7.02. The van der Waals surface area contributed by atoms with Crippen LogP contribution in [0.25, 0.3) is 0 Å². The number of carbonyl (C=O) groups excluding carboxylic acids is 1. The van der Waals surface area contributed by atoms with Crippen molar-refractivity contribution >= 4 is 15.9 Å². The van der Waals surface area contributed by atoms with Crippen molar-refractivity contribution in [2.75, 3.05) is 32.7 Å². The lowest BCUT2D eigenvalue weighted by atomic mass is 10.0. The maximum atomic E-state index is 12.6. The van der Waals surface area contributed by atoms with Gasteiger partial charge in [-0.05, 0) is 23.6 Å². The van der Waals surface area contributed by atoms with Crippen molar-refractivity contribution in [1.29, 1.82) is 0 Å². The SMILES string of the molecule is CC(C)c1ccc(S(=O)(=O)N2CCN(C(=O)CN)CC2)cc1. The van der Waals surface area contributed by atoms with E-state index >= 15 is 0 Å². The zero-order valence-electron chi connectivity index (χ0n) is 13.0. The number of amides is 1. The third-order valence-electron chi connectivity index (χ3n) is 3.95. The molecule has 2 N–H and O–H groups in total. The zero-order chi connectivity index (χ0) is 16.3. The van der Waals surface area contributed by atoms with Crippen LogP contribution in [0.3, 0.4) is 0 Å². The van der Waals surface area contributed by atoms with Gasteiger partial charge in [0.25, 0.3) is 0 Å². The van der Waals surface area contributed by atoms with Crippen LogP contribution < -0.4 is 5.73 Å². The van der Waals surface area contributed by atoms with Gasteiger partial charge in [0.1, 0.15) is 0 Å². The Labute approximate surface area is 131 Å². The zero-order valence-corrected chi connectivity index (χ0v) is 13.8. The normalized spacial score (nSPS) is 17.0. The Bertz CT molecular complexity index is 618. The average Bonchev–Trinajstić information content (AvgIpc) is 2.54. The third-order valence-corrected chi connectivity index (χ3v) is 5.86. The second-order valence-corrected chi connectivity index (χ2v) is 7.65. The molecule has 1 aliphatic rings. The van der Waals surface area contributed by atoms with Crippen LogP contribution in [-0.4, -0.2) is 56.3 Å². The number of nitrogens with two attached hydrogens (primary N) is 1. The summed E-state index contributed by atoms with van der Waals surface area (Å²) in [4.78, 5) is 13.4. The Kier molecular flexibility index (Phi) is 5.20. The predicted molar refractivity (Wildman–Crippen MR) is 84.9 cm³/mol. The molecule has 1 amide bonds. The first-order chi connectivity index (χ1) is 10.4. The van der Waals surface area contributed by atoms with E-state index in [4.69, 9.17) is 5.73 Å². The molecule has 0 saturated carbocycles. The van der Waals surface area contributed by atoms with E-state index in [2.05, 4.69) is 13.8 Å². The number of benzene rings is 1. The monoisotopic (exact) mass is 325 g/mol. The van der Waals surface area contributed by atoms with Gasteiger partial charge >= 0.3 is 0 Å². The Morgan fingerprint density at radius 3 is 2.14 bits per heavy atom. The summed E-state index contributed by atoms with van der Waals surface area (Å²) in [5.41, 5.74) is 6.44. The van der Waals surface area contributed by atoms with Gasteiger partial charge in [0, 0.05) is 26.2 Å². The van der Waals surface area contributed by atoms with Crippen LogP contribution in [0.1, 0.15) is 25.3 Å². The van der Waals surface area contributed by atoms with Crippen LogP contribution in [0.5, 0.6) is 0 Å². The molecule has 2 rings (SSSR count). The van der Waals surface area contributed by atoms with E-state index in [1.165, 1.54) is 4.31 Å². The molecule has 0 atom stereocenters. The van der Waals surface area contributed by atoms with Crippen LogP contribution in [0.15, 0.2) is 29.2 Å². The molecule has 0 radical (unpaired) electrons. The lowest BCUT2D eigenvalue weighted by molar-refractivity contribution is -0.130. The molecule has 0 aromatic heterocycles. The van der Waals surface area contributed by atoms with Crippen molar-refractivity contribution < 1.29 is 13.2 Å². The smallest absolute Gasteiger partial charge is 0.243 e. The van der Waals surface area contributed by atoms with Gasteiger partial charge in [0.2, 0.25) is 15.9 Å². The van der Waals surface area contributed by atoms with Crippen molar-refractivity contribution in [3.63, 3.8) is 0 Å². The standard InChI is InChI=1S/C15H23N3O3S/c1-12(2)13-3-5-14(6-4-13)22(20,21)18-9-7-17(8-10-18)15(19)11-16/h3-6,12H,7-11,16H2,1-2H3. The van der Waals surface area contributed by atoms with E-state index in [1.807, 2.05) is 12.1 Å². The second kappa shape index (κ2) is 6.76. The van der Waals surface area contributed by atoms with Crippen LogP contribution in [-0.2, 0) is 14.8 Å². The molecule has 0 unspecified atom stereocenters. The van der Waals surface area contributed by atoms with Crippen molar-refractivity contribution in [2.45, 2.75) is 24.7 Å². The van der Waals surface area contributed by atoms with E-state index in [1.54, 1.807) is 17.0 Å². The highest BCUT2D eigenvalue weighted by Gasteiger charge is 2.29. The first kappa shape index (κ1) is 16.9. The molecule has 0 aliphatic carbocycles.